The van der Waals surface area contributed by atoms with Crippen molar-refractivity contribution in [2.24, 2.45) is 0 Å². The zero-order chi connectivity index (χ0) is 23.4. The van der Waals surface area contributed by atoms with Gasteiger partial charge in [-0.15, -0.1) is 0 Å². The number of carbonyl (C=O) groups excluding carboxylic acids is 2. The van der Waals surface area contributed by atoms with E-state index in [1.54, 1.807) is 6.07 Å². The molecule has 0 bridgehead atoms. The molecule has 1 heterocycles. The first-order valence-electron chi connectivity index (χ1n) is 10.9. The maximum absolute atomic E-state index is 15.5. The number of aryl methyl sites for hydroxylation is 1. The van der Waals surface area contributed by atoms with Crippen LogP contribution in [0.4, 0.5) is 9.18 Å². The molecule has 1 fully saturated rings. The summed E-state index contributed by atoms with van der Waals surface area (Å²) in [4.78, 5) is 25.0. The summed E-state index contributed by atoms with van der Waals surface area (Å²) in [5.74, 6) is -0.571. The molecular weight excluding hydrogens is 425 g/mol. The molecule has 4 nitrogen and oxygen atoms in total. The van der Waals surface area contributed by atoms with Crippen molar-refractivity contribution in [3.8, 4) is 16.9 Å². The molecule has 0 aromatic heterocycles. The summed E-state index contributed by atoms with van der Waals surface area (Å²) in [6.45, 7) is 11.1. The van der Waals surface area contributed by atoms with Gasteiger partial charge in [-0.2, -0.15) is 0 Å². The van der Waals surface area contributed by atoms with Gasteiger partial charge in [0.1, 0.15) is 0 Å². The molecule has 0 saturated carbocycles. The van der Waals surface area contributed by atoms with Crippen molar-refractivity contribution in [3.63, 3.8) is 0 Å². The molecule has 4 rings (SSSR count). The average Bonchev–Trinajstić information content (AvgIpc) is 3.04. The van der Waals surface area contributed by atoms with Crippen LogP contribution < -0.4 is 4.74 Å². The number of hydrogen-bond acceptors (Lipinski definition) is 4. The molecule has 32 heavy (non-hydrogen) atoms. The molecular formula is C26H30FNO3S. The Hall–Kier alpha value is -2.34. The number of amides is 2. The molecule has 1 aliphatic carbocycles. The summed E-state index contributed by atoms with van der Waals surface area (Å²) < 4.78 is 21.0. The summed E-state index contributed by atoms with van der Waals surface area (Å²) >= 11 is 0.947. The van der Waals surface area contributed by atoms with Crippen LogP contribution in [0.3, 0.4) is 0 Å². The third-order valence-corrected chi connectivity index (χ3v) is 7.90. The zero-order valence-corrected chi connectivity index (χ0v) is 20.4. The number of methoxy groups -OCH3 is 1. The Morgan fingerprint density at radius 3 is 2.22 bits per heavy atom. The number of halogens is 1. The first-order valence-corrected chi connectivity index (χ1v) is 11.9. The highest BCUT2D eigenvalue weighted by molar-refractivity contribution is 8.14. The quantitative estimate of drug-likeness (QED) is 0.539. The molecule has 2 aromatic rings. The topological polar surface area (TPSA) is 46.6 Å². The van der Waals surface area contributed by atoms with Gasteiger partial charge in [0.2, 0.25) is 5.91 Å². The van der Waals surface area contributed by atoms with Gasteiger partial charge < -0.3 is 4.74 Å². The summed E-state index contributed by atoms with van der Waals surface area (Å²) in [7, 11) is 1.45. The van der Waals surface area contributed by atoms with E-state index in [9.17, 15) is 9.59 Å². The van der Waals surface area contributed by atoms with E-state index in [0.717, 1.165) is 40.6 Å². The SMILES string of the molecule is COc1c(-c2cc3c(cc2C)C(C)(C)CCC3(C)C)ccc(CN2C(=O)CSC2=O)c1F. The summed E-state index contributed by atoms with van der Waals surface area (Å²) in [6.07, 6.45) is 2.22. The second-order valence-electron chi connectivity index (χ2n) is 10.1. The summed E-state index contributed by atoms with van der Waals surface area (Å²) in [5.41, 5.74) is 5.75. The second kappa shape index (κ2) is 7.91. The minimum atomic E-state index is -0.529. The molecule has 0 radical (unpaired) electrons. The van der Waals surface area contributed by atoms with Gasteiger partial charge >= 0.3 is 0 Å². The van der Waals surface area contributed by atoms with Gasteiger partial charge in [-0.25, -0.2) is 4.39 Å². The van der Waals surface area contributed by atoms with E-state index >= 15 is 4.39 Å². The van der Waals surface area contributed by atoms with Crippen molar-refractivity contribution < 1.29 is 18.7 Å². The number of imide groups is 1. The predicted molar refractivity (Wildman–Crippen MR) is 127 cm³/mol. The van der Waals surface area contributed by atoms with E-state index in [-0.39, 0.29) is 45.6 Å². The van der Waals surface area contributed by atoms with Crippen molar-refractivity contribution in [2.75, 3.05) is 12.9 Å². The highest BCUT2D eigenvalue weighted by Crippen LogP contribution is 2.48. The number of nitrogens with zero attached hydrogens (tertiary/aromatic N) is 1. The van der Waals surface area contributed by atoms with Crippen LogP contribution >= 0.6 is 11.8 Å². The van der Waals surface area contributed by atoms with Gasteiger partial charge in [-0.1, -0.05) is 57.7 Å². The lowest BCUT2D eigenvalue weighted by molar-refractivity contribution is -0.125. The van der Waals surface area contributed by atoms with Gasteiger partial charge in [-0.3, -0.25) is 14.5 Å². The van der Waals surface area contributed by atoms with E-state index < -0.39 is 5.82 Å². The average molecular weight is 456 g/mol. The predicted octanol–water partition coefficient (Wildman–Crippen LogP) is 6.35. The smallest absolute Gasteiger partial charge is 0.289 e. The number of ether oxygens (including phenoxy) is 1. The first kappa shape index (κ1) is 22.8. The third-order valence-electron chi connectivity index (χ3n) is 7.04. The van der Waals surface area contributed by atoms with Crippen molar-refractivity contribution in [3.05, 3.63) is 52.3 Å². The summed E-state index contributed by atoms with van der Waals surface area (Å²) in [5, 5.41) is -0.340. The van der Waals surface area contributed by atoms with Crippen LogP contribution in [-0.4, -0.2) is 28.9 Å². The Morgan fingerprint density at radius 2 is 1.66 bits per heavy atom. The van der Waals surface area contributed by atoms with Crippen molar-refractivity contribution in [2.45, 2.75) is 64.8 Å². The Labute approximate surface area is 193 Å². The fourth-order valence-electron chi connectivity index (χ4n) is 4.85. The lowest BCUT2D eigenvalue weighted by Gasteiger charge is -2.42. The van der Waals surface area contributed by atoms with Crippen LogP contribution in [0.2, 0.25) is 0 Å². The van der Waals surface area contributed by atoms with Crippen LogP contribution in [0, 0.1) is 12.7 Å². The number of rotatable bonds is 4. The lowest BCUT2D eigenvalue weighted by Crippen LogP contribution is -2.34. The largest absolute Gasteiger partial charge is 0.493 e. The fraction of sp³-hybridized carbons (Fsp3) is 0.462. The maximum Gasteiger partial charge on any atom is 0.289 e. The van der Waals surface area contributed by atoms with Gasteiger partial charge in [0.25, 0.3) is 5.24 Å². The first-order chi connectivity index (χ1) is 15.0. The number of thioether (sulfide) groups is 1. The third kappa shape index (κ3) is 3.72. The zero-order valence-electron chi connectivity index (χ0n) is 19.6. The molecule has 6 heteroatoms. The minimum absolute atomic E-state index is 0.0349. The van der Waals surface area contributed by atoms with Crippen LogP contribution in [0.1, 0.15) is 62.8 Å². The fourth-order valence-corrected chi connectivity index (χ4v) is 5.57. The number of fused-ring (bicyclic) bond motifs is 1. The monoisotopic (exact) mass is 455 g/mol. The lowest BCUT2D eigenvalue weighted by atomic mass is 9.62. The van der Waals surface area contributed by atoms with Crippen molar-refractivity contribution >= 4 is 22.9 Å². The highest BCUT2D eigenvalue weighted by Gasteiger charge is 2.38. The van der Waals surface area contributed by atoms with Crippen LogP contribution in [-0.2, 0) is 22.2 Å². The second-order valence-corrected chi connectivity index (χ2v) is 11.1. The van der Waals surface area contributed by atoms with E-state index in [2.05, 4.69) is 46.8 Å². The molecule has 1 saturated heterocycles. The normalized spacial score (nSPS) is 19.3. The Morgan fingerprint density at radius 1 is 1.03 bits per heavy atom. The van der Waals surface area contributed by atoms with E-state index in [1.165, 1.54) is 18.2 Å². The van der Waals surface area contributed by atoms with Gasteiger partial charge in [0.15, 0.2) is 11.6 Å². The van der Waals surface area contributed by atoms with E-state index in [0.29, 0.717) is 5.56 Å². The molecule has 0 N–H and O–H groups in total. The molecule has 2 aliphatic rings. The van der Waals surface area contributed by atoms with Gasteiger partial charge in [0.05, 0.1) is 19.4 Å². The molecule has 0 unspecified atom stereocenters. The van der Waals surface area contributed by atoms with Crippen molar-refractivity contribution in [1.82, 2.24) is 4.90 Å². The Kier molecular flexibility index (Phi) is 5.64. The molecule has 2 amide bonds. The van der Waals surface area contributed by atoms with Gasteiger partial charge in [0, 0.05) is 11.1 Å². The van der Waals surface area contributed by atoms with Crippen LogP contribution in [0.5, 0.6) is 5.75 Å². The van der Waals surface area contributed by atoms with Gasteiger partial charge in [-0.05, 0) is 58.9 Å². The molecule has 0 atom stereocenters. The molecule has 1 aliphatic heterocycles. The standard InChI is InChI=1S/C26H30FNO3S/c1-15-11-19-20(26(4,5)10-9-25(19,2)3)12-18(15)17-8-7-16(22(27)23(17)31-6)13-28-21(29)14-32-24(28)30/h7-8,11-12H,9-10,13-14H2,1-6H3. The number of carbonyl (C=O) groups is 2. The Balaban J connectivity index is 1.81. The van der Waals surface area contributed by atoms with E-state index in [4.69, 9.17) is 4.74 Å². The van der Waals surface area contributed by atoms with Crippen molar-refractivity contribution in [1.29, 1.82) is 0 Å². The minimum Gasteiger partial charge on any atom is -0.493 e. The summed E-state index contributed by atoms with van der Waals surface area (Å²) in [6, 6.07) is 7.94. The van der Waals surface area contributed by atoms with Crippen LogP contribution in [0.25, 0.3) is 11.1 Å². The molecule has 2 aromatic carbocycles. The van der Waals surface area contributed by atoms with E-state index in [1.807, 2.05) is 6.07 Å². The Bertz CT molecular complexity index is 1110. The highest BCUT2D eigenvalue weighted by atomic mass is 32.2. The number of hydrogen-bond donors (Lipinski definition) is 0. The molecule has 170 valence electrons. The number of benzene rings is 2. The van der Waals surface area contributed by atoms with Crippen LogP contribution in [0.15, 0.2) is 24.3 Å². The molecule has 0 spiro atoms. The maximum atomic E-state index is 15.5.